The van der Waals surface area contributed by atoms with Crippen molar-refractivity contribution in [1.29, 1.82) is 0 Å². The van der Waals surface area contributed by atoms with E-state index in [1.807, 2.05) is 30.3 Å². The highest BCUT2D eigenvalue weighted by atomic mass is 79.9. The van der Waals surface area contributed by atoms with Gasteiger partial charge in [-0.3, -0.25) is 0 Å². The summed E-state index contributed by atoms with van der Waals surface area (Å²) in [6.07, 6.45) is 0. The minimum Gasteiger partial charge on any atom is -0.496 e. The summed E-state index contributed by atoms with van der Waals surface area (Å²) in [5, 5.41) is 4.17. The van der Waals surface area contributed by atoms with E-state index in [4.69, 9.17) is 16.3 Å². The predicted molar refractivity (Wildman–Crippen MR) is 84.2 cm³/mol. The van der Waals surface area contributed by atoms with Gasteiger partial charge in [0.1, 0.15) is 5.75 Å². The van der Waals surface area contributed by atoms with Crippen molar-refractivity contribution >= 4 is 33.2 Å². The normalized spacial score (nSPS) is 12.0. The molecule has 0 aromatic heterocycles. The molecule has 0 heterocycles. The summed E-state index contributed by atoms with van der Waals surface area (Å²) in [6.45, 7) is 2.11. The lowest BCUT2D eigenvalue weighted by Crippen LogP contribution is -2.06. The van der Waals surface area contributed by atoms with Crippen molar-refractivity contribution in [3.63, 3.8) is 0 Å². The van der Waals surface area contributed by atoms with Gasteiger partial charge in [-0.25, -0.2) is 0 Å². The largest absolute Gasteiger partial charge is 0.496 e. The van der Waals surface area contributed by atoms with Crippen LogP contribution < -0.4 is 10.1 Å². The first-order chi connectivity index (χ1) is 9.10. The standard InChI is InChI=1S/C15H15BrClNO/c1-10(18-13-6-4-12(17)5-7-13)11-3-8-15(19-2)14(16)9-11/h3-10,18H,1-2H3. The Morgan fingerprint density at radius 3 is 2.42 bits per heavy atom. The zero-order valence-electron chi connectivity index (χ0n) is 10.8. The predicted octanol–water partition coefficient (Wildman–Crippen LogP) is 5.28. The third-order valence-electron chi connectivity index (χ3n) is 2.90. The fourth-order valence-electron chi connectivity index (χ4n) is 1.83. The number of methoxy groups -OCH3 is 1. The quantitative estimate of drug-likeness (QED) is 0.817. The Kier molecular flexibility index (Phi) is 4.72. The molecule has 2 nitrogen and oxygen atoms in total. The highest BCUT2D eigenvalue weighted by Gasteiger charge is 2.08. The Hall–Kier alpha value is -1.19. The Balaban J connectivity index is 2.13. The first-order valence-corrected chi connectivity index (χ1v) is 7.13. The average molecular weight is 341 g/mol. The maximum absolute atomic E-state index is 5.87. The SMILES string of the molecule is COc1ccc(C(C)Nc2ccc(Cl)cc2)cc1Br. The van der Waals surface area contributed by atoms with Crippen molar-refractivity contribution < 1.29 is 4.74 Å². The molecule has 0 spiro atoms. The molecule has 19 heavy (non-hydrogen) atoms. The second-order valence-corrected chi connectivity index (χ2v) is 5.56. The smallest absolute Gasteiger partial charge is 0.133 e. The van der Waals surface area contributed by atoms with Gasteiger partial charge >= 0.3 is 0 Å². The summed E-state index contributed by atoms with van der Waals surface area (Å²) in [7, 11) is 1.66. The second-order valence-electron chi connectivity index (χ2n) is 4.27. The lowest BCUT2D eigenvalue weighted by molar-refractivity contribution is 0.412. The number of hydrogen-bond donors (Lipinski definition) is 1. The van der Waals surface area contributed by atoms with Gasteiger partial charge in [0, 0.05) is 16.8 Å². The van der Waals surface area contributed by atoms with E-state index >= 15 is 0 Å². The van der Waals surface area contributed by atoms with Crippen molar-refractivity contribution in [2.75, 3.05) is 12.4 Å². The van der Waals surface area contributed by atoms with Gasteiger partial charge in [0.05, 0.1) is 11.6 Å². The molecule has 1 unspecified atom stereocenters. The lowest BCUT2D eigenvalue weighted by Gasteiger charge is -2.17. The van der Waals surface area contributed by atoms with Crippen LogP contribution in [0.25, 0.3) is 0 Å². The first kappa shape index (κ1) is 14.2. The molecule has 2 rings (SSSR count). The number of benzene rings is 2. The van der Waals surface area contributed by atoms with Crippen molar-refractivity contribution in [3.05, 3.63) is 57.5 Å². The minimum absolute atomic E-state index is 0.198. The van der Waals surface area contributed by atoms with E-state index < -0.39 is 0 Å². The molecule has 0 aliphatic carbocycles. The number of halogens is 2. The van der Waals surface area contributed by atoms with Gasteiger partial charge in [-0.2, -0.15) is 0 Å². The molecule has 0 amide bonds. The van der Waals surface area contributed by atoms with E-state index in [0.29, 0.717) is 0 Å². The van der Waals surface area contributed by atoms with Crippen molar-refractivity contribution in [2.24, 2.45) is 0 Å². The van der Waals surface area contributed by atoms with Crippen molar-refractivity contribution in [3.8, 4) is 5.75 Å². The van der Waals surface area contributed by atoms with E-state index in [-0.39, 0.29) is 6.04 Å². The van der Waals surface area contributed by atoms with Gasteiger partial charge in [0.15, 0.2) is 0 Å². The van der Waals surface area contributed by atoms with Gasteiger partial charge in [-0.05, 0) is 64.8 Å². The molecule has 0 saturated heterocycles. The number of hydrogen-bond acceptors (Lipinski definition) is 2. The van der Waals surface area contributed by atoms with E-state index in [1.54, 1.807) is 7.11 Å². The number of rotatable bonds is 4. The molecule has 0 saturated carbocycles. The van der Waals surface area contributed by atoms with Crippen LogP contribution in [0.2, 0.25) is 5.02 Å². The molecule has 0 fully saturated rings. The summed E-state index contributed by atoms with van der Waals surface area (Å²) in [5.41, 5.74) is 2.23. The molecule has 0 radical (unpaired) electrons. The summed E-state index contributed by atoms with van der Waals surface area (Å²) < 4.78 is 6.19. The van der Waals surface area contributed by atoms with E-state index in [0.717, 1.165) is 20.9 Å². The van der Waals surface area contributed by atoms with Crippen LogP contribution >= 0.6 is 27.5 Å². The van der Waals surface area contributed by atoms with Crippen LogP contribution in [0.1, 0.15) is 18.5 Å². The van der Waals surface area contributed by atoms with Gasteiger partial charge in [-0.1, -0.05) is 17.7 Å². The summed E-state index contributed by atoms with van der Waals surface area (Å²) >= 11 is 9.37. The highest BCUT2D eigenvalue weighted by molar-refractivity contribution is 9.10. The van der Waals surface area contributed by atoms with Gasteiger partial charge in [0.25, 0.3) is 0 Å². The van der Waals surface area contributed by atoms with Crippen molar-refractivity contribution in [1.82, 2.24) is 0 Å². The fourth-order valence-corrected chi connectivity index (χ4v) is 2.52. The monoisotopic (exact) mass is 339 g/mol. The lowest BCUT2D eigenvalue weighted by atomic mass is 10.1. The number of ether oxygens (including phenoxy) is 1. The number of anilines is 1. The van der Waals surface area contributed by atoms with Gasteiger partial charge < -0.3 is 10.1 Å². The summed E-state index contributed by atoms with van der Waals surface area (Å²) in [5.74, 6) is 0.836. The van der Waals surface area contributed by atoms with Crippen LogP contribution in [0.15, 0.2) is 46.9 Å². The molecular formula is C15H15BrClNO. The zero-order chi connectivity index (χ0) is 13.8. The maximum atomic E-state index is 5.87. The van der Waals surface area contributed by atoms with Crippen LogP contribution in [0, 0.1) is 0 Å². The summed E-state index contributed by atoms with van der Waals surface area (Å²) in [4.78, 5) is 0. The molecule has 4 heteroatoms. The van der Waals surface area contributed by atoms with Crippen LogP contribution in [-0.2, 0) is 0 Å². The van der Waals surface area contributed by atoms with E-state index in [2.05, 4.69) is 40.3 Å². The van der Waals surface area contributed by atoms with Crippen LogP contribution in [-0.4, -0.2) is 7.11 Å². The average Bonchev–Trinajstić information content (AvgIpc) is 2.41. The number of nitrogens with one attached hydrogen (secondary N) is 1. The van der Waals surface area contributed by atoms with Crippen molar-refractivity contribution in [2.45, 2.75) is 13.0 Å². The zero-order valence-corrected chi connectivity index (χ0v) is 13.1. The van der Waals surface area contributed by atoms with E-state index in [9.17, 15) is 0 Å². The summed E-state index contributed by atoms with van der Waals surface area (Å²) in [6, 6.07) is 14.0. The third kappa shape index (κ3) is 3.64. The molecule has 1 atom stereocenters. The Morgan fingerprint density at radius 1 is 1.16 bits per heavy atom. The minimum atomic E-state index is 0.198. The highest BCUT2D eigenvalue weighted by Crippen LogP contribution is 2.29. The molecule has 0 bridgehead atoms. The molecule has 2 aromatic carbocycles. The fraction of sp³-hybridized carbons (Fsp3) is 0.200. The third-order valence-corrected chi connectivity index (χ3v) is 3.77. The molecule has 1 N–H and O–H groups in total. The molecule has 2 aromatic rings. The molecule has 100 valence electrons. The maximum Gasteiger partial charge on any atom is 0.133 e. The topological polar surface area (TPSA) is 21.3 Å². The second kappa shape index (κ2) is 6.31. The molecular weight excluding hydrogens is 326 g/mol. The van der Waals surface area contributed by atoms with Crippen LogP contribution in [0.4, 0.5) is 5.69 Å². The molecule has 0 aliphatic rings. The Morgan fingerprint density at radius 2 is 1.84 bits per heavy atom. The molecule has 0 aliphatic heterocycles. The first-order valence-electron chi connectivity index (χ1n) is 5.95. The Labute approximate surface area is 126 Å². The Bertz CT molecular complexity index is 557. The van der Waals surface area contributed by atoms with Crippen LogP contribution in [0.5, 0.6) is 5.75 Å². The van der Waals surface area contributed by atoms with E-state index in [1.165, 1.54) is 5.56 Å². The van der Waals surface area contributed by atoms with Gasteiger partial charge in [-0.15, -0.1) is 0 Å². The van der Waals surface area contributed by atoms with Gasteiger partial charge in [0.2, 0.25) is 0 Å². The van der Waals surface area contributed by atoms with Crippen LogP contribution in [0.3, 0.4) is 0 Å².